The number of hydrogen-bond donors (Lipinski definition) is 3. The molecule has 1 fully saturated rings. The van der Waals surface area contributed by atoms with Crippen LogP contribution in [0.2, 0.25) is 0 Å². The minimum atomic E-state index is -0.595. The van der Waals surface area contributed by atoms with Crippen molar-refractivity contribution in [2.24, 2.45) is 0 Å². The topological polar surface area (TPSA) is 55.7 Å². The molecule has 0 aliphatic carbocycles. The zero-order chi connectivity index (χ0) is 9.84. The normalized spacial score (nSPS) is 29.5. The van der Waals surface area contributed by atoms with Gasteiger partial charge in [0.1, 0.15) is 0 Å². The first-order chi connectivity index (χ1) is 6.13. The molecule has 2 unspecified atom stereocenters. The Labute approximate surface area is 78.9 Å². The highest BCUT2D eigenvalue weighted by Gasteiger charge is 2.29. The first-order valence-electron chi connectivity index (χ1n) is 4.53. The molecule has 0 spiro atoms. The van der Waals surface area contributed by atoms with Gasteiger partial charge in [0.25, 0.3) is 0 Å². The van der Waals surface area contributed by atoms with Crippen LogP contribution in [0.25, 0.3) is 0 Å². The molecule has 0 bridgehead atoms. The van der Waals surface area contributed by atoms with E-state index in [4.69, 9.17) is 0 Å². The molecule has 0 radical (unpaired) electrons. The molecule has 4 heteroatoms. The second-order valence-corrected chi connectivity index (χ2v) is 3.61. The zero-order valence-corrected chi connectivity index (χ0v) is 8.03. The quantitative estimate of drug-likeness (QED) is 0.483. The van der Waals surface area contributed by atoms with Crippen LogP contribution in [-0.2, 0) is 0 Å². The number of nitrogens with zero attached hydrogens (tertiary/aromatic N) is 1. The van der Waals surface area contributed by atoms with Crippen molar-refractivity contribution in [1.82, 2.24) is 10.2 Å². The van der Waals surface area contributed by atoms with Gasteiger partial charge in [0.05, 0.1) is 12.2 Å². The first-order valence-corrected chi connectivity index (χ1v) is 4.53. The lowest BCUT2D eigenvalue weighted by atomic mass is 10.3. The minimum Gasteiger partial charge on any atom is -0.389 e. The first kappa shape index (κ1) is 10.7. The van der Waals surface area contributed by atoms with Crippen molar-refractivity contribution in [2.45, 2.75) is 12.2 Å². The summed E-state index contributed by atoms with van der Waals surface area (Å²) < 4.78 is 0. The standard InChI is InChI=1S/C9H18N2O2/c1-7(3-10-2)4-11-5-8(12)9(13)6-11/h8-10,12-13H,1,3-6H2,2H3. The Kier molecular flexibility index (Phi) is 3.87. The summed E-state index contributed by atoms with van der Waals surface area (Å²) in [6.45, 7) is 6.51. The second-order valence-electron chi connectivity index (χ2n) is 3.61. The van der Waals surface area contributed by atoms with Crippen LogP contribution in [0.5, 0.6) is 0 Å². The van der Waals surface area contributed by atoms with E-state index in [1.165, 1.54) is 0 Å². The summed E-state index contributed by atoms with van der Waals surface area (Å²) >= 11 is 0. The van der Waals surface area contributed by atoms with E-state index in [0.717, 1.165) is 18.7 Å². The van der Waals surface area contributed by atoms with Crippen LogP contribution in [0.1, 0.15) is 0 Å². The SMILES string of the molecule is C=C(CNC)CN1CC(O)C(O)C1. The van der Waals surface area contributed by atoms with Gasteiger partial charge in [-0.3, -0.25) is 4.90 Å². The van der Waals surface area contributed by atoms with E-state index in [9.17, 15) is 10.2 Å². The summed E-state index contributed by atoms with van der Waals surface area (Å²) in [6, 6.07) is 0. The largest absolute Gasteiger partial charge is 0.389 e. The highest BCUT2D eigenvalue weighted by molar-refractivity contribution is 5.01. The predicted molar refractivity (Wildman–Crippen MR) is 51.5 cm³/mol. The third kappa shape index (κ3) is 3.08. The van der Waals surface area contributed by atoms with Crippen LogP contribution in [0, 0.1) is 0 Å². The number of aliphatic hydroxyl groups is 2. The van der Waals surface area contributed by atoms with Crippen molar-refractivity contribution >= 4 is 0 Å². The van der Waals surface area contributed by atoms with Crippen molar-refractivity contribution in [3.63, 3.8) is 0 Å². The van der Waals surface area contributed by atoms with Crippen LogP contribution < -0.4 is 5.32 Å². The average Bonchev–Trinajstić information content (AvgIpc) is 2.31. The molecule has 1 saturated heterocycles. The predicted octanol–water partition coefficient (Wildman–Crippen LogP) is -1.20. The number of rotatable bonds is 4. The number of likely N-dealkylation sites (tertiary alicyclic amines) is 1. The van der Waals surface area contributed by atoms with E-state index in [1.807, 2.05) is 11.9 Å². The monoisotopic (exact) mass is 186 g/mol. The lowest BCUT2D eigenvalue weighted by Gasteiger charge is -2.15. The Bertz CT molecular complexity index is 174. The van der Waals surface area contributed by atoms with Gasteiger partial charge < -0.3 is 15.5 Å². The van der Waals surface area contributed by atoms with Crippen LogP contribution in [0.4, 0.5) is 0 Å². The van der Waals surface area contributed by atoms with Gasteiger partial charge in [-0.25, -0.2) is 0 Å². The Hall–Kier alpha value is -0.420. The van der Waals surface area contributed by atoms with Gasteiger partial charge in [-0.15, -0.1) is 0 Å². The molecule has 76 valence electrons. The molecule has 0 amide bonds. The van der Waals surface area contributed by atoms with E-state index in [1.54, 1.807) is 0 Å². The molecule has 1 heterocycles. The number of hydrogen-bond acceptors (Lipinski definition) is 4. The maximum Gasteiger partial charge on any atom is 0.0938 e. The van der Waals surface area contributed by atoms with Crippen molar-refractivity contribution in [3.8, 4) is 0 Å². The third-order valence-corrected chi connectivity index (χ3v) is 2.21. The second kappa shape index (κ2) is 4.72. The molecule has 1 aliphatic rings. The van der Waals surface area contributed by atoms with Crippen LogP contribution in [-0.4, -0.2) is 60.5 Å². The molecule has 2 atom stereocenters. The molecule has 0 aromatic heterocycles. The Morgan fingerprint density at radius 3 is 2.46 bits per heavy atom. The molecular formula is C9H18N2O2. The summed E-state index contributed by atoms with van der Waals surface area (Å²) in [6.07, 6.45) is -1.19. The van der Waals surface area contributed by atoms with E-state index < -0.39 is 12.2 Å². The molecule has 13 heavy (non-hydrogen) atoms. The minimum absolute atomic E-state index is 0.546. The molecule has 3 N–H and O–H groups in total. The molecule has 4 nitrogen and oxygen atoms in total. The Morgan fingerprint density at radius 1 is 1.46 bits per heavy atom. The lowest BCUT2D eigenvalue weighted by Crippen LogP contribution is -2.27. The van der Waals surface area contributed by atoms with E-state index in [2.05, 4.69) is 11.9 Å². The van der Waals surface area contributed by atoms with Crippen LogP contribution >= 0.6 is 0 Å². The molecule has 1 aliphatic heterocycles. The van der Waals surface area contributed by atoms with Gasteiger partial charge >= 0.3 is 0 Å². The number of nitrogens with one attached hydrogen (secondary N) is 1. The van der Waals surface area contributed by atoms with Crippen molar-refractivity contribution < 1.29 is 10.2 Å². The summed E-state index contributed by atoms with van der Waals surface area (Å²) in [5.41, 5.74) is 1.07. The van der Waals surface area contributed by atoms with Crippen LogP contribution in [0.15, 0.2) is 12.2 Å². The fourth-order valence-electron chi connectivity index (χ4n) is 1.60. The maximum atomic E-state index is 9.27. The zero-order valence-electron chi connectivity index (χ0n) is 8.03. The summed E-state index contributed by atoms with van der Waals surface area (Å²) in [7, 11) is 1.87. The van der Waals surface area contributed by atoms with E-state index in [0.29, 0.717) is 13.1 Å². The van der Waals surface area contributed by atoms with E-state index >= 15 is 0 Å². The van der Waals surface area contributed by atoms with Gasteiger partial charge in [0.15, 0.2) is 0 Å². The highest BCUT2D eigenvalue weighted by atomic mass is 16.3. The fraction of sp³-hybridized carbons (Fsp3) is 0.778. The third-order valence-electron chi connectivity index (χ3n) is 2.21. The summed E-state index contributed by atoms with van der Waals surface area (Å²) in [4.78, 5) is 2.01. The van der Waals surface area contributed by atoms with Gasteiger partial charge in [-0.05, 0) is 12.6 Å². The van der Waals surface area contributed by atoms with Gasteiger partial charge in [-0.1, -0.05) is 6.58 Å². The fourth-order valence-corrected chi connectivity index (χ4v) is 1.60. The Balaban J connectivity index is 2.27. The number of aliphatic hydroxyl groups excluding tert-OH is 2. The Morgan fingerprint density at radius 2 is 2.00 bits per heavy atom. The molecule has 0 aromatic carbocycles. The number of β-amino-alcohol motifs (C(OH)–C–C–N with tert-alkyl or cyclic N) is 2. The van der Waals surface area contributed by atoms with Crippen molar-refractivity contribution in [3.05, 3.63) is 12.2 Å². The maximum absolute atomic E-state index is 9.27. The lowest BCUT2D eigenvalue weighted by molar-refractivity contribution is 0.0572. The van der Waals surface area contributed by atoms with E-state index in [-0.39, 0.29) is 0 Å². The highest BCUT2D eigenvalue weighted by Crippen LogP contribution is 2.10. The molecule has 1 rings (SSSR count). The summed E-state index contributed by atoms with van der Waals surface area (Å²) in [5, 5.41) is 21.6. The molecular weight excluding hydrogens is 168 g/mol. The van der Waals surface area contributed by atoms with Gasteiger partial charge in [0.2, 0.25) is 0 Å². The van der Waals surface area contributed by atoms with Crippen molar-refractivity contribution in [2.75, 3.05) is 33.2 Å². The molecule has 0 saturated carbocycles. The van der Waals surface area contributed by atoms with Crippen LogP contribution in [0.3, 0.4) is 0 Å². The number of likely N-dealkylation sites (N-methyl/N-ethyl adjacent to an activating group) is 1. The van der Waals surface area contributed by atoms with Gasteiger partial charge in [-0.2, -0.15) is 0 Å². The average molecular weight is 186 g/mol. The molecule has 0 aromatic rings. The van der Waals surface area contributed by atoms with Crippen molar-refractivity contribution in [1.29, 1.82) is 0 Å². The van der Waals surface area contributed by atoms with Gasteiger partial charge in [0, 0.05) is 26.2 Å². The summed E-state index contributed by atoms with van der Waals surface area (Å²) in [5.74, 6) is 0. The smallest absolute Gasteiger partial charge is 0.0938 e.